The molecule has 0 aliphatic rings. The van der Waals surface area contributed by atoms with Gasteiger partial charge in [-0.1, -0.05) is 13.8 Å². The molecule has 0 aliphatic heterocycles. The summed E-state index contributed by atoms with van der Waals surface area (Å²) in [4.78, 5) is 23.5. The first-order chi connectivity index (χ1) is 8.86. The van der Waals surface area contributed by atoms with Gasteiger partial charge in [0.25, 0.3) is 5.91 Å². The van der Waals surface area contributed by atoms with Crippen molar-refractivity contribution in [1.82, 2.24) is 5.32 Å². The largest absolute Gasteiger partial charge is 0.467 e. The number of rotatable bonds is 4. The highest BCUT2D eigenvalue weighted by molar-refractivity contribution is 9.10. The summed E-state index contributed by atoms with van der Waals surface area (Å²) in [5.74, 6) is -1.53. The lowest BCUT2D eigenvalue weighted by atomic mass is 10.0. The van der Waals surface area contributed by atoms with Gasteiger partial charge in [0.1, 0.15) is 11.9 Å². The Labute approximate surface area is 119 Å². The highest BCUT2D eigenvalue weighted by Crippen LogP contribution is 2.17. The van der Waals surface area contributed by atoms with Crippen LogP contribution in [0.4, 0.5) is 4.39 Å². The van der Waals surface area contributed by atoms with E-state index in [1.807, 2.05) is 0 Å². The van der Waals surface area contributed by atoms with Gasteiger partial charge in [-0.05, 0) is 40.0 Å². The second-order valence-corrected chi connectivity index (χ2v) is 5.20. The molecule has 1 amide bonds. The highest BCUT2D eigenvalue weighted by atomic mass is 79.9. The molecule has 0 heterocycles. The van der Waals surface area contributed by atoms with Crippen LogP contribution >= 0.6 is 15.9 Å². The lowest BCUT2D eigenvalue weighted by Crippen LogP contribution is -2.45. The van der Waals surface area contributed by atoms with Gasteiger partial charge in [0.2, 0.25) is 0 Å². The van der Waals surface area contributed by atoms with Crippen LogP contribution in [0.3, 0.4) is 0 Å². The second kappa shape index (κ2) is 6.65. The molecule has 0 aliphatic carbocycles. The van der Waals surface area contributed by atoms with Crippen molar-refractivity contribution in [3.63, 3.8) is 0 Å². The van der Waals surface area contributed by atoms with Gasteiger partial charge in [0.05, 0.1) is 11.6 Å². The summed E-state index contributed by atoms with van der Waals surface area (Å²) >= 11 is 3.01. The monoisotopic (exact) mass is 331 g/mol. The van der Waals surface area contributed by atoms with E-state index in [0.29, 0.717) is 0 Å². The molecule has 1 N–H and O–H groups in total. The number of carbonyl (C=O) groups excluding carboxylic acids is 2. The van der Waals surface area contributed by atoms with Gasteiger partial charge in [-0.25, -0.2) is 9.18 Å². The topological polar surface area (TPSA) is 55.4 Å². The lowest BCUT2D eigenvalue weighted by molar-refractivity contribution is -0.144. The normalized spacial score (nSPS) is 12.1. The van der Waals surface area contributed by atoms with Crippen LogP contribution in [-0.4, -0.2) is 25.0 Å². The molecule has 0 aromatic heterocycles. The van der Waals surface area contributed by atoms with E-state index >= 15 is 0 Å². The van der Waals surface area contributed by atoms with Crippen molar-refractivity contribution in [3.05, 3.63) is 34.1 Å². The van der Waals surface area contributed by atoms with E-state index in [1.165, 1.54) is 25.3 Å². The maximum absolute atomic E-state index is 13.1. The summed E-state index contributed by atoms with van der Waals surface area (Å²) in [6.45, 7) is 3.59. The fourth-order valence-electron chi connectivity index (χ4n) is 1.49. The third kappa shape index (κ3) is 4.02. The molecule has 0 spiro atoms. The molecule has 4 nitrogen and oxygen atoms in total. The molecular weight excluding hydrogens is 317 g/mol. The minimum atomic E-state index is -0.735. The van der Waals surface area contributed by atoms with Crippen LogP contribution in [0.5, 0.6) is 0 Å². The zero-order chi connectivity index (χ0) is 14.6. The van der Waals surface area contributed by atoms with Crippen LogP contribution in [0, 0.1) is 11.7 Å². The Bertz CT molecular complexity index is 491. The van der Waals surface area contributed by atoms with Crippen LogP contribution in [0.15, 0.2) is 22.7 Å². The molecule has 104 valence electrons. The molecule has 1 aromatic carbocycles. The molecule has 0 radical (unpaired) electrons. The van der Waals surface area contributed by atoms with E-state index in [-0.39, 0.29) is 16.0 Å². The number of benzene rings is 1. The summed E-state index contributed by atoms with van der Waals surface area (Å²) in [5.41, 5.74) is 0.267. The van der Waals surface area contributed by atoms with Gasteiger partial charge in [-0.3, -0.25) is 4.79 Å². The Morgan fingerprint density at radius 2 is 2.00 bits per heavy atom. The molecule has 19 heavy (non-hydrogen) atoms. The summed E-state index contributed by atoms with van der Waals surface area (Å²) in [6, 6.07) is 3.16. The minimum Gasteiger partial charge on any atom is -0.467 e. The predicted octanol–water partition coefficient (Wildman–Crippen LogP) is 2.52. The van der Waals surface area contributed by atoms with Crippen LogP contribution < -0.4 is 5.32 Å². The van der Waals surface area contributed by atoms with Gasteiger partial charge in [0, 0.05) is 5.56 Å². The molecule has 1 aromatic rings. The van der Waals surface area contributed by atoms with Crippen LogP contribution in [0.1, 0.15) is 24.2 Å². The number of nitrogens with one attached hydrogen (secondary N) is 1. The average Bonchev–Trinajstić information content (AvgIpc) is 2.37. The number of amides is 1. The Balaban J connectivity index is 2.87. The number of halogens is 2. The predicted molar refractivity (Wildman–Crippen MR) is 72.2 cm³/mol. The van der Waals surface area contributed by atoms with Crippen LogP contribution in [-0.2, 0) is 9.53 Å². The zero-order valence-electron chi connectivity index (χ0n) is 10.9. The first-order valence-corrected chi connectivity index (χ1v) is 6.50. The standard InChI is InChI=1S/C13H15BrFNO3/c1-7(2)11(13(18)19-3)16-12(17)8-4-5-10(15)9(14)6-8/h4-7,11H,1-3H3,(H,16,17)/t11-/m0/s1. The van der Waals surface area contributed by atoms with Gasteiger partial charge >= 0.3 is 5.97 Å². The van der Waals surface area contributed by atoms with Crippen molar-refractivity contribution in [2.75, 3.05) is 7.11 Å². The quantitative estimate of drug-likeness (QED) is 0.862. The maximum atomic E-state index is 13.1. The molecule has 0 saturated heterocycles. The van der Waals surface area contributed by atoms with Crippen molar-refractivity contribution in [2.45, 2.75) is 19.9 Å². The van der Waals surface area contributed by atoms with E-state index in [4.69, 9.17) is 0 Å². The molecule has 0 bridgehead atoms. The molecule has 1 atom stereocenters. The molecule has 6 heteroatoms. The Kier molecular flexibility index (Phi) is 5.47. The van der Waals surface area contributed by atoms with E-state index in [2.05, 4.69) is 26.0 Å². The van der Waals surface area contributed by atoms with Gasteiger partial charge in [-0.2, -0.15) is 0 Å². The number of carbonyl (C=O) groups is 2. The van der Waals surface area contributed by atoms with Gasteiger partial charge in [-0.15, -0.1) is 0 Å². The fraction of sp³-hybridized carbons (Fsp3) is 0.385. The Morgan fingerprint density at radius 1 is 1.37 bits per heavy atom. The highest BCUT2D eigenvalue weighted by Gasteiger charge is 2.25. The summed E-state index contributed by atoms with van der Waals surface area (Å²) in [7, 11) is 1.26. The molecular formula is C13H15BrFNO3. The Morgan fingerprint density at radius 3 is 2.47 bits per heavy atom. The van der Waals surface area contributed by atoms with E-state index in [0.717, 1.165) is 0 Å². The minimum absolute atomic E-state index is 0.111. The second-order valence-electron chi connectivity index (χ2n) is 4.35. The van der Waals surface area contributed by atoms with E-state index in [9.17, 15) is 14.0 Å². The number of hydrogen-bond donors (Lipinski definition) is 1. The first-order valence-electron chi connectivity index (χ1n) is 5.70. The first kappa shape index (κ1) is 15.6. The van der Waals surface area contributed by atoms with Crippen molar-refractivity contribution in [2.24, 2.45) is 5.92 Å². The lowest BCUT2D eigenvalue weighted by Gasteiger charge is -2.19. The Hall–Kier alpha value is -1.43. The van der Waals surface area contributed by atoms with Gasteiger partial charge in [0.15, 0.2) is 0 Å². The van der Waals surface area contributed by atoms with Crippen LogP contribution in [0.25, 0.3) is 0 Å². The number of methoxy groups -OCH3 is 1. The summed E-state index contributed by atoms with van der Waals surface area (Å²) < 4.78 is 17.9. The number of esters is 1. The third-order valence-electron chi connectivity index (χ3n) is 2.59. The summed E-state index contributed by atoms with van der Waals surface area (Å²) in [5, 5.41) is 2.57. The smallest absolute Gasteiger partial charge is 0.328 e. The molecule has 0 saturated carbocycles. The van der Waals surface area contributed by atoms with E-state index < -0.39 is 23.7 Å². The fourth-order valence-corrected chi connectivity index (χ4v) is 1.87. The van der Waals surface area contributed by atoms with Crippen LogP contribution in [0.2, 0.25) is 0 Å². The number of hydrogen-bond acceptors (Lipinski definition) is 3. The summed E-state index contributed by atoms with van der Waals surface area (Å²) in [6.07, 6.45) is 0. The molecule has 1 rings (SSSR count). The number of ether oxygens (including phenoxy) is 1. The zero-order valence-corrected chi connectivity index (χ0v) is 12.5. The SMILES string of the molecule is COC(=O)[C@@H](NC(=O)c1ccc(F)c(Br)c1)C(C)C. The van der Waals surface area contributed by atoms with E-state index in [1.54, 1.807) is 13.8 Å². The molecule has 0 unspecified atom stereocenters. The van der Waals surface area contributed by atoms with Crippen molar-refractivity contribution in [3.8, 4) is 0 Å². The third-order valence-corrected chi connectivity index (χ3v) is 3.20. The maximum Gasteiger partial charge on any atom is 0.328 e. The average molecular weight is 332 g/mol. The van der Waals surface area contributed by atoms with Crippen molar-refractivity contribution in [1.29, 1.82) is 0 Å². The molecule has 0 fully saturated rings. The van der Waals surface area contributed by atoms with Crippen molar-refractivity contribution >= 4 is 27.8 Å². The van der Waals surface area contributed by atoms with Crippen molar-refractivity contribution < 1.29 is 18.7 Å². The van der Waals surface area contributed by atoms with Gasteiger partial charge < -0.3 is 10.1 Å².